The molecule has 0 aliphatic rings. The lowest BCUT2D eigenvalue weighted by molar-refractivity contribution is -0.122. The fraction of sp³-hybridized carbons (Fsp3) is 0.870. The molecule has 0 rings (SSSR count). The second-order valence-electron chi connectivity index (χ2n) is 7.93. The summed E-state index contributed by atoms with van der Waals surface area (Å²) in [5.74, 6) is 0.696. The third-order valence-corrected chi connectivity index (χ3v) is 5.09. The third kappa shape index (κ3) is 21.3. The summed E-state index contributed by atoms with van der Waals surface area (Å²) in [4.78, 5) is 35.1. The minimum absolute atomic E-state index is 0.0763. The van der Waals surface area contributed by atoms with E-state index in [1.54, 1.807) is 0 Å². The normalized spacial score (nSPS) is 10.8. The van der Waals surface area contributed by atoms with Crippen molar-refractivity contribution in [1.29, 1.82) is 0 Å². The summed E-state index contributed by atoms with van der Waals surface area (Å²) in [7, 11) is 0. The fourth-order valence-electron chi connectivity index (χ4n) is 3.23. The van der Waals surface area contributed by atoms with Gasteiger partial charge in [0, 0.05) is 45.3 Å². The first-order chi connectivity index (χ1) is 14.1. The van der Waals surface area contributed by atoms with Gasteiger partial charge in [-0.25, -0.2) is 0 Å². The molecule has 1 amide bonds. The Hall–Kier alpha value is -1.27. The number of Topliss-reactive ketones (excluding diaryl/α,β-unsaturated/α-hetero) is 2. The number of aliphatic hydroxyl groups is 1. The SMILES string of the molecule is NCCCCC(=O)CCCCC(=O)NCCCCCCCC(=O)CCCCCO. The van der Waals surface area contributed by atoms with Gasteiger partial charge in [-0.15, -0.1) is 0 Å². The number of carbonyl (C=O) groups excluding carboxylic acids is 3. The molecule has 0 aliphatic heterocycles. The second kappa shape index (κ2) is 21.4. The third-order valence-electron chi connectivity index (χ3n) is 5.09. The maximum absolute atomic E-state index is 11.8. The summed E-state index contributed by atoms with van der Waals surface area (Å²) in [6.07, 6.45) is 14.1. The topological polar surface area (TPSA) is 109 Å². The predicted octanol–water partition coefficient (Wildman–Crippen LogP) is 3.82. The average Bonchev–Trinajstić information content (AvgIpc) is 2.70. The van der Waals surface area contributed by atoms with Gasteiger partial charge in [-0.3, -0.25) is 14.4 Å². The highest BCUT2D eigenvalue weighted by Gasteiger charge is 2.05. The minimum atomic E-state index is 0.0763. The summed E-state index contributed by atoms with van der Waals surface area (Å²) < 4.78 is 0. The highest BCUT2D eigenvalue weighted by atomic mass is 16.3. The van der Waals surface area contributed by atoms with Gasteiger partial charge in [0.15, 0.2) is 0 Å². The van der Waals surface area contributed by atoms with Crippen molar-refractivity contribution >= 4 is 17.5 Å². The molecule has 6 nitrogen and oxygen atoms in total. The van der Waals surface area contributed by atoms with Crippen molar-refractivity contribution in [3.63, 3.8) is 0 Å². The molecule has 6 heteroatoms. The van der Waals surface area contributed by atoms with Crippen LogP contribution >= 0.6 is 0 Å². The zero-order chi connectivity index (χ0) is 21.6. The van der Waals surface area contributed by atoms with Crippen molar-refractivity contribution in [2.45, 2.75) is 109 Å². The van der Waals surface area contributed by atoms with Crippen molar-refractivity contribution in [2.24, 2.45) is 5.73 Å². The van der Waals surface area contributed by atoms with Crippen LogP contribution in [0.1, 0.15) is 109 Å². The summed E-state index contributed by atoms with van der Waals surface area (Å²) in [6.45, 7) is 1.56. The zero-order valence-corrected chi connectivity index (χ0v) is 18.4. The smallest absolute Gasteiger partial charge is 0.219 e. The standard InChI is InChI=1S/C23H44N2O4/c24-18-10-9-16-22(28)15-7-8-17-23(29)25-19-11-3-1-2-5-13-21(27)14-6-4-12-20-26/h26H,1-20,24H2,(H,25,29). The number of aliphatic hydroxyl groups excluding tert-OH is 1. The maximum atomic E-state index is 11.8. The van der Waals surface area contributed by atoms with Gasteiger partial charge in [0.1, 0.15) is 11.6 Å². The molecule has 0 spiro atoms. The Morgan fingerprint density at radius 2 is 1.03 bits per heavy atom. The Morgan fingerprint density at radius 3 is 1.62 bits per heavy atom. The van der Waals surface area contributed by atoms with Crippen LogP contribution in [0, 0.1) is 0 Å². The molecule has 0 unspecified atom stereocenters. The Kier molecular flexibility index (Phi) is 20.5. The van der Waals surface area contributed by atoms with E-state index in [2.05, 4.69) is 5.32 Å². The van der Waals surface area contributed by atoms with E-state index in [0.717, 1.165) is 77.0 Å². The first-order valence-electron chi connectivity index (χ1n) is 11.7. The molecule has 0 fully saturated rings. The van der Waals surface area contributed by atoms with Crippen LogP contribution in [0.4, 0.5) is 0 Å². The van der Waals surface area contributed by atoms with Crippen molar-refractivity contribution in [3.05, 3.63) is 0 Å². The van der Waals surface area contributed by atoms with Gasteiger partial charge in [0.05, 0.1) is 0 Å². The van der Waals surface area contributed by atoms with Gasteiger partial charge in [-0.1, -0.05) is 25.7 Å². The molecular formula is C23H44N2O4. The number of hydrogen-bond donors (Lipinski definition) is 3. The quantitative estimate of drug-likeness (QED) is 0.234. The first kappa shape index (κ1) is 27.7. The largest absolute Gasteiger partial charge is 0.396 e. The van der Waals surface area contributed by atoms with Gasteiger partial charge in [0.25, 0.3) is 0 Å². The van der Waals surface area contributed by atoms with E-state index < -0.39 is 0 Å². The average molecular weight is 413 g/mol. The Labute approximate surface area is 177 Å². The number of nitrogens with one attached hydrogen (secondary N) is 1. The molecule has 29 heavy (non-hydrogen) atoms. The van der Waals surface area contributed by atoms with Crippen molar-refractivity contribution < 1.29 is 19.5 Å². The van der Waals surface area contributed by atoms with Crippen LogP contribution in [0.15, 0.2) is 0 Å². The summed E-state index contributed by atoms with van der Waals surface area (Å²) in [5.41, 5.74) is 5.41. The van der Waals surface area contributed by atoms with E-state index in [1.807, 2.05) is 0 Å². The van der Waals surface area contributed by atoms with Gasteiger partial charge >= 0.3 is 0 Å². The van der Waals surface area contributed by atoms with E-state index in [9.17, 15) is 14.4 Å². The molecule has 0 heterocycles. The lowest BCUT2D eigenvalue weighted by Crippen LogP contribution is -2.24. The lowest BCUT2D eigenvalue weighted by atomic mass is 10.0. The number of hydrogen-bond acceptors (Lipinski definition) is 5. The molecule has 0 saturated carbocycles. The summed E-state index contributed by atoms with van der Waals surface area (Å²) >= 11 is 0. The van der Waals surface area contributed by atoms with Crippen LogP contribution < -0.4 is 11.1 Å². The minimum Gasteiger partial charge on any atom is -0.396 e. The number of nitrogens with two attached hydrogens (primary N) is 1. The summed E-state index contributed by atoms with van der Waals surface area (Å²) in [6, 6.07) is 0. The van der Waals surface area contributed by atoms with Gasteiger partial charge in [-0.2, -0.15) is 0 Å². The van der Waals surface area contributed by atoms with Crippen molar-refractivity contribution in [1.82, 2.24) is 5.32 Å². The van der Waals surface area contributed by atoms with E-state index in [1.165, 1.54) is 0 Å². The van der Waals surface area contributed by atoms with E-state index >= 15 is 0 Å². The Balaban J connectivity index is 3.35. The van der Waals surface area contributed by atoms with Crippen molar-refractivity contribution in [3.8, 4) is 0 Å². The number of unbranched alkanes of at least 4 members (excludes halogenated alkanes) is 8. The molecule has 0 saturated heterocycles. The molecule has 0 aliphatic carbocycles. The fourth-order valence-corrected chi connectivity index (χ4v) is 3.23. The van der Waals surface area contributed by atoms with Crippen LogP contribution in [0.3, 0.4) is 0 Å². The zero-order valence-electron chi connectivity index (χ0n) is 18.4. The van der Waals surface area contributed by atoms with Crippen LogP contribution in [0.5, 0.6) is 0 Å². The number of amides is 1. The first-order valence-corrected chi connectivity index (χ1v) is 11.7. The van der Waals surface area contributed by atoms with E-state index in [-0.39, 0.29) is 18.3 Å². The molecule has 0 aromatic carbocycles. The van der Waals surface area contributed by atoms with Gasteiger partial charge < -0.3 is 16.2 Å². The Morgan fingerprint density at radius 1 is 0.586 bits per heavy atom. The molecule has 0 aromatic rings. The molecule has 0 radical (unpaired) electrons. The molecule has 0 atom stereocenters. The second-order valence-corrected chi connectivity index (χ2v) is 7.93. The highest BCUT2D eigenvalue weighted by molar-refractivity contribution is 5.79. The number of rotatable bonds is 22. The van der Waals surface area contributed by atoms with E-state index in [0.29, 0.717) is 51.0 Å². The molecule has 0 bridgehead atoms. The molecule has 4 N–H and O–H groups in total. The van der Waals surface area contributed by atoms with E-state index in [4.69, 9.17) is 10.8 Å². The molecule has 0 aromatic heterocycles. The number of carbonyl (C=O) groups is 3. The monoisotopic (exact) mass is 412 g/mol. The predicted molar refractivity (Wildman–Crippen MR) is 118 cm³/mol. The van der Waals surface area contributed by atoms with Crippen LogP contribution in [-0.4, -0.2) is 42.3 Å². The lowest BCUT2D eigenvalue weighted by Gasteiger charge is -2.06. The van der Waals surface area contributed by atoms with Gasteiger partial charge in [-0.05, 0) is 57.9 Å². The van der Waals surface area contributed by atoms with Crippen LogP contribution in [-0.2, 0) is 14.4 Å². The molecular weight excluding hydrogens is 368 g/mol. The van der Waals surface area contributed by atoms with Crippen molar-refractivity contribution in [2.75, 3.05) is 19.7 Å². The van der Waals surface area contributed by atoms with Crippen LogP contribution in [0.25, 0.3) is 0 Å². The van der Waals surface area contributed by atoms with Crippen LogP contribution in [0.2, 0.25) is 0 Å². The number of ketones is 2. The maximum Gasteiger partial charge on any atom is 0.219 e. The highest BCUT2D eigenvalue weighted by Crippen LogP contribution is 2.09. The Bertz CT molecular complexity index is 427. The van der Waals surface area contributed by atoms with Gasteiger partial charge in [0.2, 0.25) is 5.91 Å². The summed E-state index contributed by atoms with van der Waals surface area (Å²) in [5, 5.41) is 11.6. The molecule has 170 valence electrons.